The fourth-order valence-electron chi connectivity index (χ4n) is 2.91. The van der Waals surface area contributed by atoms with Gasteiger partial charge in [-0.05, 0) is 37.5 Å². The van der Waals surface area contributed by atoms with Crippen LogP contribution >= 0.6 is 11.6 Å². The number of ether oxygens (including phenoxy) is 1. The largest absolute Gasteiger partial charge is 0.390 e. The zero-order valence-electron chi connectivity index (χ0n) is 11.2. The van der Waals surface area contributed by atoms with Gasteiger partial charge in [0.2, 0.25) is 0 Å². The Bertz CT molecular complexity index is 430. The van der Waals surface area contributed by atoms with Gasteiger partial charge in [0.25, 0.3) is 0 Å². The quantitative estimate of drug-likeness (QED) is 0.894. The molecule has 0 saturated heterocycles. The van der Waals surface area contributed by atoms with Gasteiger partial charge in [0.05, 0.1) is 16.7 Å². The third-order valence-corrected chi connectivity index (χ3v) is 4.21. The highest BCUT2D eigenvalue weighted by molar-refractivity contribution is 6.30. The van der Waals surface area contributed by atoms with E-state index in [0.717, 1.165) is 31.2 Å². The van der Waals surface area contributed by atoms with Crippen molar-refractivity contribution in [1.82, 2.24) is 0 Å². The lowest BCUT2D eigenvalue weighted by Gasteiger charge is -2.34. The summed E-state index contributed by atoms with van der Waals surface area (Å²) >= 11 is 5.66. The molecule has 0 spiro atoms. The van der Waals surface area contributed by atoms with Gasteiger partial charge in [-0.3, -0.25) is 0 Å². The summed E-state index contributed by atoms with van der Waals surface area (Å²) in [6.07, 6.45) is 3.69. The predicted molar refractivity (Wildman–Crippen MR) is 73.9 cm³/mol. The van der Waals surface area contributed by atoms with Crippen molar-refractivity contribution >= 4 is 11.6 Å². The first-order valence-electron chi connectivity index (χ1n) is 6.83. The van der Waals surface area contributed by atoms with Gasteiger partial charge in [0.15, 0.2) is 0 Å². The van der Waals surface area contributed by atoms with Crippen molar-refractivity contribution in [2.75, 3.05) is 6.61 Å². The lowest BCUT2D eigenvalue weighted by Crippen LogP contribution is -2.43. The monoisotopic (exact) mass is 286 g/mol. The number of hydrogen-bond acceptors (Lipinski definition) is 2. The molecule has 0 amide bonds. The van der Waals surface area contributed by atoms with Crippen LogP contribution in [0, 0.1) is 5.82 Å². The Labute approximate surface area is 118 Å². The smallest absolute Gasteiger partial charge is 0.142 e. The maximum atomic E-state index is 13.4. The molecule has 1 atom stereocenters. The summed E-state index contributed by atoms with van der Waals surface area (Å²) < 4.78 is 19.2. The second-order valence-corrected chi connectivity index (χ2v) is 5.58. The van der Waals surface area contributed by atoms with Crippen molar-refractivity contribution in [3.8, 4) is 0 Å². The van der Waals surface area contributed by atoms with Crippen molar-refractivity contribution in [3.05, 3.63) is 34.6 Å². The molecular weight excluding hydrogens is 267 g/mol. The highest BCUT2D eigenvalue weighted by Gasteiger charge is 2.41. The van der Waals surface area contributed by atoms with Gasteiger partial charge in [-0.25, -0.2) is 4.39 Å². The molecule has 0 bridgehead atoms. The Morgan fingerprint density at radius 3 is 2.68 bits per heavy atom. The second kappa shape index (κ2) is 6.21. The Kier molecular flexibility index (Phi) is 4.82. The Morgan fingerprint density at radius 1 is 1.42 bits per heavy atom. The van der Waals surface area contributed by atoms with Gasteiger partial charge < -0.3 is 9.84 Å². The van der Waals surface area contributed by atoms with Gasteiger partial charge >= 0.3 is 0 Å². The van der Waals surface area contributed by atoms with Crippen LogP contribution in [0.15, 0.2) is 18.2 Å². The minimum Gasteiger partial charge on any atom is -0.390 e. The zero-order valence-corrected chi connectivity index (χ0v) is 11.9. The molecule has 1 fully saturated rings. The molecule has 1 aliphatic rings. The molecule has 1 saturated carbocycles. The fourth-order valence-corrected chi connectivity index (χ4v) is 3.03. The van der Waals surface area contributed by atoms with E-state index in [1.165, 1.54) is 12.1 Å². The average Bonchev–Trinajstić information content (AvgIpc) is 2.84. The summed E-state index contributed by atoms with van der Waals surface area (Å²) in [6.45, 7) is 2.53. The van der Waals surface area contributed by atoms with Crippen LogP contribution in [0.3, 0.4) is 0 Å². The van der Waals surface area contributed by atoms with Gasteiger partial charge in [0.1, 0.15) is 5.82 Å². The number of aliphatic hydroxyl groups excluding tert-OH is 1. The van der Waals surface area contributed by atoms with Crippen molar-refractivity contribution in [2.45, 2.75) is 50.7 Å². The van der Waals surface area contributed by atoms with E-state index in [1.807, 2.05) is 6.92 Å². The van der Waals surface area contributed by atoms with Gasteiger partial charge in [-0.15, -0.1) is 0 Å². The van der Waals surface area contributed by atoms with E-state index in [0.29, 0.717) is 13.0 Å². The lowest BCUT2D eigenvalue weighted by molar-refractivity contribution is -0.115. The van der Waals surface area contributed by atoms with Gasteiger partial charge in [-0.2, -0.15) is 0 Å². The lowest BCUT2D eigenvalue weighted by atomic mass is 9.89. The highest BCUT2D eigenvalue weighted by Crippen LogP contribution is 2.37. The number of aliphatic hydroxyl groups is 1. The zero-order chi connectivity index (χ0) is 13.9. The number of benzene rings is 1. The molecule has 0 aromatic heterocycles. The number of rotatable bonds is 5. The first-order valence-corrected chi connectivity index (χ1v) is 7.21. The molecular formula is C15H20ClFO2. The van der Waals surface area contributed by atoms with Gasteiger partial charge in [-0.1, -0.05) is 30.5 Å². The molecule has 2 nitrogen and oxygen atoms in total. The fraction of sp³-hybridized carbons (Fsp3) is 0.600. The van der Waals surface area contributed by atoms with E-state index in [-0.39, 0.29) is 5.02 Å². The first-order chi connectivity index (χ1) is 9.07. The molecule has 2 rings (SSSR count). The molecule has 1 aliphatic carbocycles. The predicted octanol–water partition coefficient (Wildman–Crippen LogP) is 3.73. The molecule has 0 radical (unpaired) electrons. The molecule has 4 heteroatoms. The van der Waals surface area contributed by atoms with Crippen molar-refractivity contribution in [2.24, 2.45) is 0 Å². The van der Waals surface area contributed by atoms with Gasteiger partial charge in [0, 0.05) is 13.0 Å². The topological polar surface area (TPSA) is 29.5 Å². The van der Waals surface area contributed by atoms with Crippen LogP contribution in [-0.2, 0) is 11.2 Å². The van der Waals surface area contributed by atoms with Crippen LogP contribution in [0.25, 0.3) is 0 Å². The van der Waals surface area contributed by atoms with Crippen molar-refractivity contribution in [1.29, 1.82) is 0 Å². The summed E-state index contributed by atoms with van der Waals surface area (Å²) in [5.41, 5.74) is 0.297. The first kappa shape index (κ1) is 14.8. The SMILES string of the molecule is CCOC1(C(O)Cc2ccc(Cl)c(F)c2)CCCC1. The van der Waals surface area contributed by atoms with E-state index < -0.39 is 17.5 Å². The molecule has 0 heterocycles. The highest BCUT2D eigenvalue weighted by atomic mass is 35.5. The Hall–Kier alpha value is -0.640. The summed E-state index contributed by atoms with van der Waals surface area (Å²) in [7, 11) is 0. The summed E-state index contributed by atoms with van der Waals surface area (Å²) in [5.74, 6) is -0.441. The standard InChI is InChI=1S/C15H20ClFO2/c1-2-19-15(7-3-4-8-15)14(18)10-11-5-6-12(16)13(17)9-11/h5-6,9,14,18H,2-4,7-8,10H2,1H3. The molecule has 1 N–H and O–H groups in total. The maximum Gasteiger partial charge on any atom is 0.142 e. The third kappa shape index (κ3) is 3.28. The molecule has 1 aromatic rings. The van der Waals surface area contributed by atoms with Crippen LogP contribution in [-0.4, -0.2) is 23.4 Å². The molecule has 1 unspecified atom stereocenters. The van der Waals surface area contributed by atoms with Crippen molar-refractivity contribution < 1.29 is 14.2 Å². The average molecular weight is 287 g/mol. The number of hydrogen-bond donors (Lipinski definition) is 1. The van der Waals surface area contributed by atoms with E-state index in [4.69, 9.17) is 16.3 Å². The molecule has 1 aromatic carbocycles. The van der Waals surface area contributed by atoms with E-state index in [2.05, 4.69) is 0 Å². The van der Waals surface area contributed by atoms with Crippen LogP contribution in [0.4, 0.5) is 4.39 Å². The molecule has 0 aliphatic heterocycles. The van der Waals surface area contributed by atoms with Crippen LogP contribution in [0.1, 0.15) is 38.2 Å². The Morgan fingerprint density at radius 2 is 2.11 bits per heavy atom. The van der Waals surface area contributed by atoms with Crippen molar-refractivity contribution in [3.63, 3.8) is 0 Å². The van der Waals surface area contributed by atoms with E-state index >= 15 is 0 Å². The Balaban J connectivity index is 2.10. The molecule has 19 heavy (non-hydrogen) atoms. The molecule has 106 valence electrons. The summed E-state index contributed by atoms with van der Waals surface area (Å²) in [6, 6.07) is 4.67. The minimum atomic E-state index is -0.601. The summed E-state index contributed by atoms with van der Waals surface area (Å²) in [4.78, 5) is 0. The van der Waals surface area contributed by atoms with E-state index in [1.54, 1.807) is 6.07 Å². The normalized spacial score (nSPS) is 19.6. The third-order valence-electron chi connectivity index (χ3n) is 3.90. The van der Waals surface area contributed by atoms with Crippen LogP contribution in [0.5, 0.6) is 0 Å². The number of halogens is 2. The second-order valence-electron chi connectivity index (χ2n) is 5.17. The maximum absolute atomic E-state index is 13.4. The van der Waals surface area contributed by atoms with Crippen LogP contribution in [0.2, 0.25) is 5.02 Å². The van der Waals surface area contributed by atoms with E-state index in [9.17, 15) is 9.50 Å². The summed E-state index contributed by atoms with van der Waals surface area (Å²) in [5, 5.41) is 10.6. The van der Waals surface area contributed by atoms with Crippen LogP contribution < -0.4 is 0 Å². The minimum absolute atomic E-state index is 0.110.